The van der Waals surface area contributed by atoms with Crippen LogP contribution < -0.4 is 5.56 Å². The average molecular weight is 404 g/mol. The van der Waals surface area contributed by atoms with Crippen molar-refractivity contribution < 1.29 is 14.7 Å². The Bertz CT molecular complexity index is 1160. The molecular weight excluding hydrogens is 380 g/mol. The number of hydrogen-bond acceptors (Lipinski definition) is 4. The van der Waals surface area contributed by atoms with Gasteiger partial charge in [0.15, 0.2) is 0 Å². The van der Waals surface area contributed by atoms with E-state index in [1.807, 2.05) is 42.5 Å². The van der Waals surface area contributed by atoms with Crippen LogP contribution in [-0.4, -0.2) is 39.2 Å². The lowest BCUT2D eigenvalue weighted by Crippen LogP contribution is -2.46. The number of ketones is 1. The molecule has 1 aliphatic rings. The first-order chi connectivity index (χ1) is 14.4. The fourth-order valence-electron chi connectivity index (χ4n) is 4.54. The summed E-state index contributed by atoms with van der Waals surface area (Å²) in [6, 6.07) is 16.8. The fourth-order valence-corrected chi connectivity index (χ4v) is 4.54. The lowest BCUT2D eigenvalue weighted by molar-refractivity contribution is -0.124. The van der Waals surface area contributed by atoms with Gasteiger partial charge in [-0.05, 0) is 62.2 Å². The van der Waals surface area contributed by atoms with E-state index >= 15 is 0 Å². The highest BCUT2D eigenvalue weighted by Crippen LogP contribution is 2.37. The van der Waals surface area contributed by atoms with Gasteiger partial charge < -0.3 is 5.11 Å². The molecule has 6 heteroatoms. The maximum absolute atomic E-state index is 12.6. The Hall–Kier alpha value is -3.25. The maximum Gasteiger partial charge on any atom is 0.341 e. The van der Waals surface area contributed by atoms with Crippen molar-refractivity contribution in [2.24, 2.45) is 0 Å². The third-order valence-corrected chi connectivity index (χ3v) is 6.29. The van der Waals surface area contributed by atoms with Crippen LogP contribution in [-0.2, 0) is 16.8 Å². The molecule has 1 fully saturated rings. The van der Waals surface area contributed by atoms with Crippen molar-refractivity contribution >= 4 is 17.3 Å². The number of rotatable bonds is 5. The van der Waals surface area contributed by atoms with E-state index in [1.54, 1.807) is 19.2 Å². The zero-order valence-corrected chi connectivity index (χ0v) is 16.9. The van der Waals surface area contributed by atoms with Crippen LogP contribution >= 0.6 is 0 Å². The molecule has 0 amide bonds. The summed E-state index contributed by atoms with van der Waals surface area (Å²) in [4.78, 5) is 38.8. The second-order valence-electron chi connectivity index (χ2n) is 7.93. The number of benzene rings is 1. The minimum absolute atomic E-state index is 0.179. The second kappa shape index (κ2) is 7.88. The summed E-state index contributed by atoms with van der Waals surface area (Å²) in [5.74, 6) is -1.05. The molecule has 0 radical (unpaired) electrons. The van der Waals surface area contributed by atoms with Gasteiger partial charge in [0.1, 0.15) is 11.3 Å². The van der Waals surface area contributed by atoms with Gasteiger partial charge in [0.2, 0.25) is 0 Å². The Labute approximate surface area is 174 Å². The molecule has 154 valence electrons. The van der Waals surface area contributed by atoms with E-state index in [-0.39, 0.29) is 11.3 Å². The third-order valence-electron chi connectivity index (χ3n) is 6.29. The summed E-state index contributed by atoms with van der Waals surface area (Å²) in [5, 5.41) is 9.45. The van der Waals surface area contributed by atoms with E-state index in [4.69, 9.17) is 0 Å². The van der Waals surface area contributed by atoms with Gasteiger partial charge in [0.05, 0.1) is 10.9 Å². The van der Waals surface area contributed by atoms with Gasteiger partial charge in [-0.3, -0.25) is 18.9 Å². The van der Waals surface area contributed by atoms with Crippen LogP contribution in [0.4, 0.5) is 0 Å². The molecule has 30 heavy (non-hydrogen) atoms. The van der Waals surface area contributed by atoms with Crippen molar-refractivity contribution in [1.82, 2.24) is 9.30 Å². The number of nitrogens with zero attached hydrogens (tertiary/aromatic N) is 2. The third kappa shape index (κ3) is 3.44. The Morgan fingerprint density at radius 1 is 1.03 bits per heavy atom. The number of carboxylic acids is 1. The van der Waals surface area contributed by atoms with E-state index in [9.17, 15) is 19.5 Å². The number of carboxylic acid groups (broad SMARTS) is 1. The number of pyridine rings is 2. The maximum atomic E-state index is 12.6. The molecule has 1 aromatic carbocycles. The van der Waals surface area contributed by atoms with Gasteiger partial charge in [-0.2, -0.15) is 0 Å². The number of carbonyl (C=O) groups is 2. The summed E-state index contributed by atoms with van der Waals surface area (Å²) in [7, 11) is 0. The monoisotopic (exact) mass is 404 g/mol. The largest absolute Gasteiger partial charge is 0.477 e. The highest BCUT2D eigenvalue weighted by molar-refractivity contribution is 5.89. The van der Waals surface area contributed by atoms with Crippen LogP contribution in [0.2, 0.25) is 0 Å². The van der Waals surface area contributed by atoms with Crippen molar-refractivity contribution in [2.45, 2.75) is 31.7 Å². The number of hydrogen-bond donors (Lipinski definition) is 1. The molecule has 3 aromatic rings. The fraction of sp³-hybridized carbons (Fsp3) is 0.292. The van der Waals surface area contributed by atoms with Crippen molar-refractivity contribution in [2.75, 3.05) is 13.1 Å². The summed E-state index contributed by atoms with van der Waals surface area (Å²) >= 11 is 0. The molecule has 1 saturated heterocycles. The lowest BCUT2D eigenvalue weighted by Gasteiger charge is -2.40. The smallest absolute Gasteiger partial charge is 0.341 e. The molecule has 4 rings (SSSR count). The molecule has 0 aliphatic carbocycles. The van der Waals surface area contributed by atoms with Gasteiger partial charge >= 0.3 is 5.97 Å². The standard InChI is InChI=1S/C24H24N2O4/c1-17(27)24(19-7-3-2-4-8-19)10-13-25(14-11-24)16-18-15-20(23(29)30)22(28)26-12-6-5-9-21(18)26/h2-9,12,15H,10-11,13-14,16H2,1H3,(H,29,30). The molecule has 3 heterocycles. The molecule has 0 unspecified atom stereocenters. The van der Waals surface area contributed by atoms with Crippen LogP contribution in [0, 0.1) is 0 Å². The molecule has 0 spiro atoms. The Morgan fingerprint density at radius 3 is 2.33 bits per heavy atom. The Balaban J connectivity index is 1.62. The van der Waals surface area contributed by atoms with Gasteiger partial charge in [-0.15, -0.1) is 0 Å². The molecule has 6 nitrogen and oxygen atoms in total. The van der Waals surface area contributed by atoms with Crippen LogP contribution in [0.15, 0.2) is 65.6 Å². The van der Waals surface area contributed by atoms with E-state index in [1.165, 1.54) is 10.5 Å². The number of aromatic nitrogens is 1. The normalized spacial score (nSPS) is 16.4. The molecule has 2 aromatic heterocycles. The van der Waals surface area contributed by atoms with E-state index < -0.39 is 16.9 Å². The van der Waals surface area contributed by atoms with E-state index in [0.29, 0.717) is 24.9 Å². The Kier molecular flexibility index (Phi) is 5.26. The minimum Gasteiger partial charge on any atom is -0.477 e. The number of likely N-dealkylation sites (tertiary alicyclic amines) is 1. The molecule has 0 atom stereocenters. The summed E-state index contributed by atoms with van der Waals surface area (Å²) in [6.07, 6.45) is 3.02. The SMILES string of the molecule is CC(=O)C1(c2ccccc2)CCN(Cc2cc(C(=O)O)c(=O)n3ccccc23)CC1. The van der Waals surface area contributed by atoms with Crippen molar-refractivity contribution in [3.8, 4) is 0 Å². The van der Waals surface area contributed by atoms with Crippen molar-refractivity contribution in [3.05, 3.63) is 87.8 Å². The average Bonchev–Trinajstić information content (AvgIpc) is 2.76. The quantitative estimate of drug-likeness (QED) is 0.707. The van der Waals surface area contributed by atoms with Crippen LogP contribution in [0.3, 0.4) is 0 Å². The van der Waals surface area contributed by atoms with Gasteiger partial charge in [0, 0.05) is 12.7 Å². The number of carbonyl (C=O) groups excluding carboxylic acids is 1. The minimum atomic E-state index is -1.22. The predicted octanol–water partition coefficient (Wildman–Crippen LogP) is 3.12. The molecule has 0 saturated carbocycles. The highest BCUT2D eigenvalue weighted by Gasteiger charge is 2.40. The molecule has 0 bridgehead atoms. The summed E-state index contributed by atoms with van der Waals surface area (Å²) in [6.45, 7) is 3.62. The molecule has 1 N–H and O–H groups in total. The van der Waals surface area contributed by atoms with E-state index in [2.05, 4.69) is 4.90 Å². The summed E-state index contributed by atoms with van der Waals surface area (Å²) in [5.41, 5.74) is 1.33. The van der Waals surface area contributed by atoms with E-state index in [0.717, 1.165) is 24.2 Å². The first-order valence-electron chi connectivity index (χ1n) is 10.1. The van der Waals surface area contributed by atoms with Crippen molar-refractivity contribution in [3.63, 3.8) is 0 Å². The number of fused-ring (bicyclic) bond motifs is 1. The zero-order valence-electron chi connectivity index (χ0n) is 16.9. The summed E-state index contributed by atoms with van der Waals surface area (Å²) < 4.78 is 1.40. The highest BCUT2D eigenvalue weighted by atomic mass is 16.4. The number of piperidine rings is 1. The van der Waals surface area contributed by atoms with Crippen LogP contribution in [0.25, 0.3) is 5.52 Å². The Morgan fingerprint density at radius 2 is 1.70 bits per heavy atom. The topological polar surface area (TPSA) is 79.1 Å². The van der Waals surface area contributed by atoms with Gasteiger partial charge in [-0.25, -0.2) is 4.79 Å². The van der Waals surface area contributed by atoms with Gasteiger partial charge in [0.25, 0.3) is 5.56 Å². The molecular formula is C24H24N2O4. The number of Topliss-reactive ketones (excluding diaryl/α,β-unsaturated/α-hetero) is 1. The van der Waals surface area contributed by atoms with Crippen molar-refractivity contribution in [1.29, 1.82) is 0 Å². The second-order valence-corrected chi connectivity index (χ2v) is 7.93. The zero-order chi connectivity index (χ0) is 21.3. The predicted molar refractivity (Wildman–Crippen MR) is 114 cm³/mol. The van der Waals surface area contributed by atoms with Crippen LogP contribution in [0.5, 0.6) is 0 Å². The van der Waals surface area contributed by atoms with Gasteiger partial charge in [-0.1, -0.05) is 36.4 Å². The first-order valence-corrected chi connectivity index (χ1v) is 10.1. The lowest BCUT2D eigenvalue weighted by atomic mass is 9.70. The number of aromatic carboxylic acids is 1. The molecule has 1 aliphatic heterocycles. The van der Waals surface area contributed by atoms with Crippen LogP contribution in [0.1, 0.15) is 41.3 Å². The first kappa shape index (κ1) is 20.0.